The number of nitrogens with two attached hydrogens (primary N) is 1. The summed E-state index contributed by atoms with van der Waals surface area (Å²) in [5.41, 5.74) is 8.50. The highest BCUT2D eigenvalue weighted by molar-refractivity contribution is 5.99. The molecule has 0 unspecified atom stereocenters. The van der Waals surface area contributed by atoms with Crippen molar-refractivity contribution in [2.24, 2.45) is 16.8 Å². The number of fused-ring (bicyclic) bond motifs is 1. The number of hydrogen-bond donors (Lipinski definition) is 2. The number of amidine groups is 1. The summed E-state index contributed by atoms with van der Waals surface area (Å²) in [7, 11) is 0. The molecule has 1 heterocycles. The van der Waals surface area contributed by atoms with Crippen LogP contribution in [0, 0.1) is 5.92 Å². The number of aromatic nitrogens is 1. The van der Waals surface area contributed by atoms with Crippen LogP contribution in [-0.2, 0) is 12.8 Å². The zero-order chi connectivity index (χ0) is 13.1. The van der Waals surface area contributed by atoms with E-state index in [1.807, 2.05) is 6.07 Å². The average molecular weight is 249 g/mol. The molecule has 5 heteroatoms. The predicted octanol–water partition coefficient (Wildman–Crippen LogP) is 1.70. The van der Waals surface area contributed by atoms with Gasteiger partial charge < -0.3 is 15.7 Å². The molecule has 0 aromatic carbocycles. The maximum atomic E-state index is 8.82. The first kappa shape index (κ1) is 12.7. The molecular formula is C13H19N3O2. The third kappa shape index (κ3) is 2.55. The highest BCUT2D eigenvalue weighted by Gasteiger charge is 2.19. The number of pyridine rings is 1. The Balaban J connectivity index is 2.35. The second-order valence-corrected chi connectivity index (χ2v) is 4.99. The van der Waals surface area contributed by atoms with E-state index >= 15 is 0 Å². The van der Waals surface area contributed by atoms with Crippen LogP contribution in [0.15, 0.2) is 11.2 Å². The summed E-state index contributed by atoms with van der Waals surface area (Å²) in [6.45, 7) is 4.70. The van der Waals surface area contributed by atoms with Crippen molar-refractivity contribution in [3.8, 4) is 5.88 Å². The van der Waals surface area contributed by atoms with Crippen molar-refractivity contribution in [3.05, 3.63) is 22.9 Å². The zero-order valence-electron chi connectivity index (χ0n) is 10.8. The van der Waals surface area contributed by atoms with E-state index in [4.69, 9.17) is 15.7 Å². The van der Waals surface area contributed by atoms with E-state index in [0.717, 1.165) is 25.0 Å². The van der Waals surface area contributed by atoms with E-state index in [1.165, 1.54) is 5.56 Å². The fraction of sp³-hybridized carbons (Fsp3) is 0.538. The molecule has 5 nitrogen and oxygen atoms in total. The van der Waals surface area contributed by atoms with Gasteiger partial charge in [-0.25, -0.2) is 4.98 Å². The van der Waals surface area contributed by atoms with E-state index in [2.05, 4.69) is 24.0 Å². The normalized spacial score (nSPS) is 14.9. The Morgan fingerprint density at radius 1 is 1.56 bits per heavy atom. The minimum absolute atomic E-state index is 0.0518. The van der Waals surface area contributed by atoms with Crippen molar-refractivity contribution in [1.29, 1.82) is 0 Å². The Hall–Kier alpha value is -1.78. The Morgan fingerprint density at radius 2 is 2.33 bits per heavy atom. The van der Waals surface area contributed by atoms with Gasteiger partial charge in [-0.3, -0.25) is 0 Å². The number of hydrogen-bond acceptors (Lipinski definition) is 4. The summed E-state index contributed by atoms with van der Waals surface area (Å²) in [6, 6.07) is 1.93. The lowest BCUT2D eigenvalue weighted by molar-refractivity contribution is 0.260. The minimum atomic E-state index is 0.0518. The lowest BCUT2D eigenvalue weighted by Gasteiger charge is -2.13. The molecule has 1 aromatic heterocycles. The van der Waals surface area contributed by atoms with Gasteiger partial charge in [0.25, 0.3) is 0 Å². The molecular weight excluding hydrogens is 230 g/mol. The van der Waals surface area contributed by atoms with Crippen molar-refractivity contribution >= 4 is 5.84 Å². The monoisotopic (exact) mass is 249 g/mol. The van der Waals surface area contributed by atoms with Crippen molar-refractivity contribution in [2.75, 3.05) is 6.61 Å². The van der Waals surface area contributed by atoms with Gasteiger partial charge in [0.15, 0.2) is 5.84 Å². The second-order valence-electron chi connectivity index (χ2n) is 4.99. The molecule has 0 bridgehead atoms. The lowest BCUT2D eigenvalue weighted by atomic mass is 10.1. The van der Waals surface area contributed by atoms with Crippen LogP contribution >= 0.6 is 0 Å². The van der Waals surface area contributed by atoms with Crippen molar-refractivity contribution in [3.63, 3.8) is 0 Å². The van der Waals surface area contributed by atoms with Gasteiger partial charge in [-0.2, -0.15) is 0 Å². The van der Waals surface area contributed by atoms with Gasteiger partial charge >= 0.3 is 0 Å². The summed E-state index contributed by atoms with van der Waals surface area (Å²) in [5, 5.41) is 11.9. The molecule has 98 valence electrons. The third-order valence-electron chi connectivity index (χ3n) is 2.95. The van der Waals surface area contributed by atoms with Crippen LogP contribution in [0.25, 0.3) is 0 Å². The molecule has 0 fully saturated rings. The first-order chi connectivity index (χ1) is 8.61. The Bertz CT molecular complexity index is 470. The molecule has 0 saturated heterocycles. The van der Waals surface area contributed by atoms with Gasteiger partial charge in [-0.05, 0) is 36.8 Å². The van der Waals surface area contributed by atoms with Crippen LogP contribution in [0.3, 0.4) is 0 Å². The van der Waals surface area contributed by atoms with E-state index < -0.39 is 0 Å². The summed E-state index contributed by atoms with van der Waals surface area (Å²) in [5.74, 6) is 0.927. The van der Waals surface area contributed by atoms with Gasteiger partial charge in [0.1, 0.15) is 0 Å². The molecule has 0 radical (unpaired) electrons. The van der Waals surface area contributed by atoms with Crippen molar-refractivity contribution in [1.82, 2.24) is 4.98 Å². The quantitative estimate of drug-likeness (QED) is 0.368. The lowest BCUT2D eigenvalue weighted by Crippen LogP contribution is -2.18. The van der Waals surface area contributed by atoms with Crippen molar-refractivity contribution in [2.45, 2.75) is 33.1 Å². The molecule has 3 N–H and O–H groups in total. The van der Waals surface area contributed by atoms with E-state index in [-0.39, 0.29) is 5.84 Å². The molecule has 0 spiro atoms. The summed E-state index contributed by atoms with van der Waals surface area (Å²) >= 11 is 0. The molecule has 1 aliphatic carbocycles. The Labute approximate surface area is 107 Å². The van der Waals surface area contributed by atoms with Gasteiger partial charge in [0, 0.05) is 5.69 Å². The van der Waals surface area contributed by atoms with E-state index in [9.17, 15) is 0 Å². The first-order valence-corrected chi connectivity index (χ1v) is 6.25. The maximum absolute atomic E-state index is 8.82. The fourth-order valence-corrected chi connectivity index (χ4v) is 2.05. The summed E-state index contributed by atoms with van der Waals surface area (Å²) in [4.78, 5) is 4.50. The van der Waals surface area contributed by atoms with E-state index in [1.54, 1.807) is 0 Å². The van der Waals surface area contributed by atoms with Crippen LogP contribution in [0.5, 0.6) is 5.88 Å². The molecule has 0 aliphatic heterocycles. The molecule has 0 atom stereocenters. The number of nitrogens with zero attached hydrogens (tertiary/aromatic N) is 2. The maximum Gasteiger partial charge on any atom is 0.224 e. The van der Waals surface area contributed by atoms with Gasteiger partial charge in [0.05, 0.1) is 12.2 Å². The SMILES string of the molecule is CC(C)COc1nc2c(cc1C(N)=NO)CCC2. The molecule has 0 amide bonds. The summed E-state index contributed by atoms with van der Waals surface area (Å²) in [6.07, 6.45) is 3.08. The topological polar surface area (TPSA) is 80.7 Å². The first-order valence-electron chi connectivity index (χ1n) is 6.25. The standard InChI is InChI=1S/C13H19N3O2/c1-8(2)7-18-13-10(12(14)16-17)6-9-4-3-5-11(9)15-13/h6,8,17H,3-5,7H2,1-2H3,(H2,14,16). The number of rotatable bonds is 4. The number of ether oxygens (including phenoxy) is 1. The van der Waals surface area contributed by atoms with Crippen molar-refractivity contribution < 1.29 is 9.94 Å². The van der Waals surface area contributed by atoms with Crippen LogP contribution in [0.4, 0.5) is 0 Å². The van der Waals surface area contributed by atoms with E-state index in [0.29, 0.717) is 24.0 Å². The zero-order valence-corrected chi connectivity index (χ0v) is 10.8. The Kier molecular flexibility index (Phi) is 3.69. The minimum Gasteiger partial charge on any atom is -0.477 e. The third-order valence-corrected chi connectivity index (χ3v) is 2.95. The smallest absolute Gasteiger partial charge is 0.224 e. The highest BCUT2D eigenvalue weighted by Crippen LogP contribution is 2.26. The molecule has 18 heavy (non-hydrogen) atoms. The van der Waals surface area contributed by atoms with Gasteiger partial charge in [0.2, 0.25) is 5.88 Å². The molecule has 0 saturated carbocycles. The van der Waals surface area contributed by atoms with Crippen LogP contribution in [-0.4, -0.2) is 22.6 Å². The molecule has 1 aromatic rings. The van der Waals surface area contributed by atoms with Gasteiger partial charge in [-0.1, -0.05) is 19.0 Å². The van der Waals surface area contributed by atoms with Crippen LogP contribution in [0.2, 0.25) is 0 Å². The van der Waals surface area contributed by atoms with Crippen LogP contribution < -0.4 is 10.5 Å². The van der Waals surface area contributed by atoms with Gasteiger partial charge in [-0.15, -0.1) is 0 Å². The largest absolute Gasteiger partial charge is 0.477 e. The predicted molar refractivity (Wildman–Crippen MR) is 69.1 cm³/mol. The Morgan fingerprint density at radius 3 is 3.00 bits per heavy atom. The molecule has 1 aliphatic rings. The highest BCUT2D eigenvalue weighted by atomic mass is 16.5. The van der Waals surface area contributed by atoms with Crippen LogP contribution in [0.1, 0.15) is 37.1 Å². The second kappa shape index (κ2) is 5.25. The fourth-order valence-electron chi connectivity index (χ4n) is 2.05. The molecule has 2 rings (SSSR count). The average Bonchev–Trinajstić information content (AvgIpc) is 2.81. The number of aryl methyl sites for hydroxylation is 2. The number of oxime groups is 1. The summed E-state index contributed by atoms with van der Waals surface area (Å²) < 4.78 is 5.66.